The summed E-state index contributed by atoms with van der Waals surface area (Å²) in [4.78, 5) is 12.4. The van der Waals surface area contributed by atoms with E-state index in [0.717, 1.165) is 5.56 Å². The van der Waals surface area contributed by atoms with Gasteiger partial charge in [-0.15, -0.1) is 0 Å². The van der Waals surface area contributed by atoms with Gasteiger partial charge in [0.15, 0.2) is 0 Å². The lowest BCUT2D eigenvalue weighted by atomic mass is 10.1. The van der Waals surface area contributed by atoms with Crippen LogP contribution in [0.25, 0.3) is 0 Å². The van der Waals surface area contributed by atoms with E-state index < -0.39 is 18.1 Å². The van der Waals surface area contributed by atoms with Crippen molar-refractivity contribution in [1.82, 2.24) is 5.01 Å². The second kappa shape index (κ2) is 4.87. The number of rotatable bonds is 3. The molecule has 1 saturated carbocycles. The van der Waals surface area contributed by atoms with Gasteiger partial charge in [-0.3, -0.25) is 4.79 Å². The van der Waals surface area contributed by atoms with Crippen LogP contribution >= 0.6 is 0 Å². The summed E-state index contributed by atoms with van der Waals surface area (Å²) < 4.78 is 26.2. The number of halogens is 2. The predicted octanol–water partition coefficient (Wildman–Crippen LogP) is 2.35. The van der Waals surface area contributed by atoms with Crippen molar-refractivity contribution >= 4 is 11.6 Å². The zero-order chi connectivity index (χ0) is 15.2. The third kappa shape index (κ3) is 2.33. The SMILES string of the molecule is CC1=NN(C(=O)[C@@H]2C[C@@H]2c2ccccc2)[C@](O)(C(F)F)C1. The molecular formula is C15H16F2N2O2. The molecule has 1 aliphatic heterocycles. The smallest absolute Gasteiger partial charge is 0.287 e. The lowest BCUT2D eigenvalue weighted by molar-refractivity contribution is -0.193. The van der Waals surface area contributed by atoms with Crippen molar-refractivity contribution in [3.63, 3.8) is 0 Å². The van der Waals surface area contributed by atoms with Gasteiger partial charge in [-0.2, -0.15) is 10.1 Å². The van der Waals surface area contributed by atoms with Crippen LogP contribution in [0.5, 0.6) is 0 Å². The normalized spacial score (nSPS) is 31.5. The Kier molecular flexibility index (Phi) is 3.28. The van der Waals surface area contributed by atoms with E-state index in [0.29, 0.717) is 17.1 Å². The minimum atomic E-state index is -3.04. The molecule has 1 aromatic rings. The van der Waals surface area contributed by atoms with E-state index in [1.807, 2.05) is 30.3 Å². The standard InChI is InChI=1S/C15H16F2N2O2/c1-9-8-15(21,14(16)17)19(18-9)13(20)12-7-11(12)10-5-3-2-4-6-10/h2-6,11-12,14,21H,7-8H2,1H3/t11-,12-,15-/m1/s1. The largest absolute Gasteiger partial charge is 0.364 e. The molecule has 4 nitrogen and oxygen atoms in total. The van der Waals surface area contributed by atoms with Crippen molar-refractivity contribution in [3.8, 4) is 0 Å². The molecule has 1 amide bonds. The van der Waals surface area contributed by atoms with E-state index >= 15 is 0 Å². The first-order chi connectivity index (χ1) is 9.93. The maximum Gasteiger partial charge on any atom is 0.287 e. The Bertz CT molecular complexity index is 591. The van der Waals surface area contributed by atoms with Gasteiger partial charge in [0.05, 0.1) is 0 Å². The van der Waals surface area contributed by atoms with Crippen LogP contribution < -0.4 is 0 Å². The first-order valence-electron chi connectivity index (χ1n) is 6.87. The number of hydrazone groups is 1. The number of carbonyl (C=O) groups excluding carboxylic acids is 1. The fourth-order valence-electron chi connectivity index (χ4n) is 2.85. The van der Waals surface area contributed by atoms with Crippen molar-refractivity contribution in [2.45, 2.75) is 37.8 Å². The minimum Gasteiger partial charge on any atom is -0.364 e. The van der Waals surface area contributed by atoms with Crippen LogP contribution in [0.2, 0.25) is 0 Å². The third-order valence-corrected chi connectivity index (χ3v) is 4.05. The van der Waals surface area contributed by atoms with E-state index in [9.17, 15) is 18.7 Å². The van der Waals surface area contributed by atoms with Crippen LogP contribution in [0, 0.1) is 5.92 Å². The van der Waals surface area contributed by atoms with Gasteiger partial charge in [0.25, 0.3) is 6.43 Å². The Balaban J connectivity index is 1.77. The van der Waals surface area contributed by atoms with E-state index in [4.69, 9.17) is 0 Å². The van der Waals surface area contributed by atoms with Gasteiger partial charge in [-0.05, 0) is 24.8 Å². The van der Waals surface area contributed by atoms with E-state index in [1.165, 1.54) is 6.92 Å². The molecule has 0 bridgehead atoms. The van der Waals surface area contributed by atoms with Gasteiger partial charge in [0, 0.05) is 18.1 Å². The summed E-state index contributed by atoms with van der Waals surface area (Å²) in [5, 5.41) is 14.5. The molecule has 3 atom stereocenters. The summed E-state index contributed by atoms with van der Waals surface area (Å²) in [5.74, 6) is -0.882. The Morgan fingerprint density at radius 3 is 2.71 bits per heavy atom. The van der Waals surface area contributed by atoms with Crippen molar-refractivity contribution in [3.05, 3.63) is 35.9 Å². The predicted molar refractivity (Wildman–Crippen MR) is 72.8 cm³/mol. The minimum absolute atomic E-state index is 0.0247. The average Bonchev–Trinajstić information content (AvgIpc) is 3.19. The molecule has 1 aromatic carbocycles. The highest BCUT2D eigenvalue weighted by Gasteiger charge is 2.56. The number of hydrogen-bond donors (Lipinski definition) is 1. The Hall–Kier alpha value is -1.82. The number of hydrogen-bond acceptors (Lipinski definition) is 3. The first-order valence-corrected chi connectivity index (χ1v) is 6.87. The number of benzene rings is 1. The molecule has 1 fully saturated rings. The van der Waals surface area contributed by atoms with Crippen molar-refractivity contribution in [2.24, 2.45) is 11.0 Å². The average molecular weight is 294 g/mol. The second-order valence-electron chi connectivity index (χ2n) is 5.70. The Labute approximate surface area is 121 Å². The molecule has 0 unspecified atom stereocenters. The molecule has 3 rings (SSSR count). The summed E-state index contributed by atoms with van der Waals surface area (Å²) in [6.07, 6.45) is -2.75. The van der Waals surface area contributed by atoms with Gasteiger partial charge < -0.3 is 5.11 Å². The molecule has 21 heavy (non-hydrogen) atoms. The fraction of sp³-hybridized carbons (Fsp3) is 0.467. The summed E-state index contributed by atoms with van der Waals surface area (Å²) >= 11 is 0. The zero-order valence-electron chi connectivity index (χ0n) is 11.5. The molecule has 1 aliphatic carbocycles. The molecule has 0 radical (unpaired) electrons. The van der Waals surface area contributed by atoms with Crippen LogP contribution in [0.4, 0.5) is 8.78 Å². The summed E-state index contributed by atoms with van der Waals surface area (Å²) in [6, 6.07) is 9.46. The fourth-order valence-corrected chi connectivity index (χ4v) is 2.85. The molecular weight excluding hydrogens is 278 g/mol. The molecule has 2 aliphatic rings. The van der Waals surface area contributed by atoms with Crippen molar-refractivity contribution in [2.75, 3.05) is 0 Å². The van der Waals surface area contributed by atoms with Crippen LogP contribution in [-0.2, 0) is 4.79 Å². The lowest BCUT2D eigenvalue weighted by Gasteiger charge is -2.30. The maximum atomic E-state index is 13.1. The molecule has 1 N–H and O–H groups in total. The molecule has 0 saturated heterocycles. The molecule has 1 heterocycles. The summed E-state index contributed by atoms with van der Waals surface area (Å²) in [7, 11) is 0. The Morgan fingerprint density at radius 2 is 2.10 bits per heavy atom. The third-order valence-electron chi connectivity index (χ3n) is 4.05. The maximum absolute atomic E-state index is 13.1. The molecule has 112 valence electrons. The molecule has 0 spiro atoms. The number of aliphatic hydroxyl groups is 1. The van der Waals surface area contributed by atoms with E-state index in [2.05, 4.69) is 5.10 Å². The quantitative estimate of drug-likeness (QED) is 0.930. The highest BCUT2D eigenvalue weighted by Crippen LogP contribution is 2.50. The summed E-state index contributed by atoms with van der Waals surface area (Å²) in [5.41, 5.74) is -1.15. The molecule has 6 heteroatoms. The monoisotopic (exact) mass is 294 g/mol. The molecule has 0 aromatic heterocycles. The van der Waals surface area contributed by atoms with Crippen molar-refractivity contribution in [1.29, 1.82) is 0 Å². The number of carbonyl (C=O) groups is 1. The highest BCUT2D eigenvalue weighted by atomic mass is 19.3. The number of nitrogens with zero attached hydrogens (tertiary/aromatic N) is 2. The van der Waals surface area contributed by atoms with Crippen LogP contribution in [0.1, 0.15) is 31.2 Å². The number of amides is 1. The van der Waals surface area contributed by atoms with Gasteiger partial charge in [0.1, 0.15) is 0 Å². The zero-order valence-corrected chi connectivity index (χ0v) is 11.5. The second-order valence-corrected chi connectivity index (χ2v) is 5.70. The van der Waals surface area contributed by atoms with Gasteiger partial charge in [-0.1, -0.05) is 30.3 Å². The topological polar surface area (TPSA) is 52.9 Å². The summed E-state index contributed by atoms with van der Waals surface area (Å²) in [6.45, 7) is 1.53. The van der Waals surface area contributed by atoms with E-state index in [-0.39, 0.29) is 18.3 Å². The first kappa shape index (κ1) is 14.1. The highest BCUT2D eigenvalue weighted by molar-refractivity contribution is 5.91. The lowest BCUT2D eigenvalue weighted by Crippen LogP contribution is -2.52. The van der Waals surface area contributed by atoms with Gasteiger partial charge >= 0.3 is 0 Å². The van der Waals surface area contributed by atoms with Crippen LogP contribution in [0.3, 0.4) is 0 Å². The van der Waals surface area contributed by atoms with Gasteiger partial charge in [0.2, 0.25) is 11.6 Å². The van der Waals surface area contributed by atoms with Crippen LogP contribution in [-0.4, -0.2) is 33.9 Å². The van der Waals surface area contributed by atoms with Crippen molar-refractivity contribution < 1.29 is 18.7 Å². The number of alkyl halides is 2. The van der Waals surface area contributed by atoms with Crippen LogP contribution in [0.15, 0.2) is 35.4 Å². The van der Waals surface area contributed by atoms with E-state index in [1.54, 1.807) is 0 Å². The Morgan fingerprint density at radius 1 is 1.43 bits per heavy atom. The van der Waals surface area contributed by atoms with Gasteiger partial charge in [-0.25, -0.2) is 8.78 Å².